The van der Waals surface area contributed by atoms with Gasteiger partial charge in [0.05, 0.1) is 11.0 Å². The van der Waals surface area contributed by atoms with Crippen molar-refractivity contribution in [1.82, 2.24) is 25.1 Å². The highest BCUT2D eigenvalue weighted by Crippen LogP contribution is 2.28. The van der Waals surface area contributed by atoms with Gasteiger partial charge in [0.2, 0.25) is 5.91 Å². The Morgan fingerprint density at radius 2 is 1.73 bits per heavy atom. The topological polar surface area (TPSA) is 125 Å². The van der Waals surface area contributed by atoms with Gasteiger partial charge in [0.25, 0.3) is 0 Å². The minimum atomic E-state index is -0.680. The Labute approximate surface area is 243 Å². The van der Waals surface area contributed by atoms with E-state index in [0.717, 1.165) is 47.7 Å². The number of urea groups is 1. The van der Waals surface area contributed by atoms with Crippen LogP contribution in [0.25, 0.3) is 21.1 Å². The van der Waals surface area contributed by atoms with E-state index in [1.807, 2.05) is 41.0 Å². The monoisotopic (exact) mass is 574 g/mol. The fourth-order valence-electron chi connectivity index (χ4n) is 6.38. The van der Waals surface area contributed by atoms with Crippen LogP contribution in [0.2, 0.25) is 0 Å². The number of hydrogen-bond acceptors (Lipinski definition) is 5. The van der Waals surface area contributed by atoms with Gasteiger partial charge >= 0.3 is 11.7 Å². The fourth-order valence-corrected chi connectivity index (χ4v) is 7.36. The van der Waals surface area contributed by atoms with Crippen molar-refractivity contribution >= 4 is 44.4 Å². The molecule has 0 bridgehead atoms. The number of imidazole rings is 1. The van der Waals surface area contributed by atoms with Gasteiger partial charge in [0.1, 0.15) is 6.04 Å². The molecule has 1 aliphatic heterocycles. The molecular formula is C31H38N6O3S. The second kappa shape index (κ2) is 12.1. The van der Waals surface area contributed by atoms with E-state index in [2.05, 4.69) is 33.1 Å². The van der Waals surface area contributed by atoms with E-state index >= 15 is 0 Å². The average Bonchev–Trinajstić information content (AvgIpc) is 3.56. The van der Waals surface area contributed by atoms with Crippen molar-refractivity contribution in [2.45, 2.75) is 63.1 Å². The number of benzene rings is 2. The van der Waals surface area contributed by atoms with Crippen LogP contribution < -0.4 is 22.1 Å². The molecule has 1 aliphatic carbocycles. The summed E-state index contributed by atoms with van der Waals surface area (Å²) in [4.78, 5) is 44.3. The van der Waals surface area contributed by atoms with Crippen molar-refractivity contribution in [3.8, 4) is 0 Å². The lowest BCUT2D eigenvalue weighted by molar-refractivity contribution is -0.123. The zero-order valence-corrected chi connectivity index (χ0v) is 24.0. The molecular weight excluding hydrogens is 536 g/mol. The molecule has 216 valence electrons. The van der Waals surface area contributed by atoms with Crippen LogP contribution in [-0.4, -0.2) is 58.1 Å². The van der Waals surface area contributed by atoms with E-state index in [9.17, 15) is 14.4 Å². The molecule has 1 saturated carbocycles. The standard InChI is InChI=1S/C31H38N6O3S/c32-22-11-9-20(10-12-22)18-33-29(38)26(17-21-19-41-28-8-4-1-5-24(21)28)35-30(39)36-15-13-23(14-16-36)37-27-7-3-2-6-25(27)34-31(37)40/h1-8,19-20,22-23,26H,9-18,32H2,(H,33,38)(H,34,40)(H,35,39). The van der Waals surface area contributed by atoms with Crippen LogP contribution in [0.1, 0.15) is 50.1 Å². The third-order valence-electron chi connectivity index (χ3n) is 8.80. The molecule has 3 heterocycles. The first-order chi connectivity index (χ1) is 20.0. The Morgan fingerprint density at radius 1 is 1.00 bits per heavy atom. The predicted molar refractivity (Wildman–Crippen MR) is 163 cm³/mol. The van der Waals surface area contributed by atoms with Crippen LogP contribution in [0.5, 0.6) is 0 Å². The summed E-state index contributed by atoms with van der Waals surface area (Å²) in [7, 11) is 0. The Bertz CT molecular complexity index is 1580. The average molecular weight is 575 g/mol. The number of nitrogens with one attached hydrogen (secondary N) is 3. The molecule has 0 radical (unpaired) electrons. The van der Waals surface area contributed by atoms with E-state index < -0.39 is 6.04 Å². The van der Waals surface area contributed by atoms with Gasteiger partial charge in [0, 0.05) is 42.8 Å². The summed E-state index contributed by atoms with van der Waals surface area (Å²) in [6.45, 7) is 1.63. The highest BCUT2D eigenvalue weighted by Gasteiger charge is 2.30. The van der Waals surface area contributed by atoms with E-state index in [1.165, 1.54) is 4.70 Å². The zero-order chi connectivity index (χ0) is 28.3. The van der Waals surface area contributed by atoms with Crippen molar-refractivity contribution in [2.75, 3.05) is 19.6 Å². The first-order valence-corrected chi connectivity index (χ1v) is 15.6. The minimum absolute atomic E-state index is 0.0163. The molecule has 5 N–H and O–H groups in total. The van der Waals surface area contributed by atoms with E-state index in [0.29, 0.717) is 44.8 Å². The number of fused-ring (bicyclic) bond motifs is 2. The molecule has 1 unspecified atom stereocenters. The van der Waals surface area contributed by atoms with Crippen LogP contribution in [-0.2, 0) is 11.2 Å². The maximum atomic E-state index is 13.5. The normalized spacial score (nSPS) is 20.8. The number of aromatic nitrogens is 2. The lowest BCUT2D eigenvalue weighted by atomic mass is 9.86. The maximum Gasteiger partial charge on any atom is 0.326 e. The quantitative estimate of drug-likeness (QED) is 0.265. The molecule has 41 heavy (non-hydrogen) atoms. The van der Waals surface area contributed by atoms with Crippen LogP contribution in [0, 0.1) is 5.92 Å². The summed E-state index contributed by atoms with van der Waals surface area (Å²) >= 11 is 1.65. The van der Waals surface area contributed by atoms with Gasteiger partial charge in [-0.3, -0.25) is 9.36 Å². The number of nitrogens with zero attached hydrogens (tertiary/aromatic N) is 2. The summed E-state index contributed by atoms with van der Waals surface area (Å²) in [6, 6.07) is 15.2. The largest absolute Gasteiger partial charge is 0.354 e. The van der Waals surface area contributed by atoms with Gasteiger partial charge in [-0.1, -0.05) is 30.3 Å². The first kappa shape index (κ1) is 27.5. The lowest BCUT2D eigenvalue weighted by Gasteiger charge is -2.33. The highest BCUT2D eigenvalue weighted by atomic mass is 32.1. The molecule has 2 fully saturated rings. The van der Waals surface area contributed by atoms with E-state index in [4.69, 9.17) is 5.73 Å². The number of H-pyrrole nitrogens is 1. The van der Waals surface area contributed by atoms with Gasteiger partial charge in [-0.05, 0) is 79.0 Å². The van der Waals surface area contributed by atoms with Crippen LogP contribution >= 0.6 is 11.3 Å². The van der Waals surface area contributed by atoms with E-state index in [-0.39, 0.29) is 29.7 Å². The van der Waals surface area contributed by atoms with Gasteiger partial charge in [-0.15, -0.1) is 11.3 Å². The van der Waals surface area contributed by atoms with Gasteiger partial charge in [0.15, 0.2) is 0 Å². The zero-order valence-electron chi connectivity index (χ0n) is 23.2. The number of piperidine rings is 1. The van der Waals surface area contributed by atoms with Gasteiger partial charge in [-0.25, -0.2) is 9.59 Å². The number of amides is 3. The van der Waals surface area contributed by atoms with Crippen LogP contribution in [0.15, 0.2) is 58.7 Å². The number of hydrogen-bond donors (Lipinski definition) is 4. The number of carbonyl (C=O) groups excluding carboxylic acids is 2. The van der Waals surface area contributed by atoms with Crippen LogP contribution in [0.3, 0.4) is 0 Å². The molecule has 0 spiro atoms. The van der Waals surface area contributed by atoms with Gasteiger partial charge in [-0.2, -0.15) is 0 Å². The Balaban J connectivity index is 1.12. The van der Waals surface area contributed by atoms with Gasteiger partial charge < -0.3 is 26.3 Å². The number of para-hydroxylation sites is 2. The number of carbonyl (C=O) groups is 2. The summed E-state index contributed by atoms with van der Waals surface area (Å²) in [6.07, 6.45) is 5.78. The number of likely N-dealkylation sites (tertiary alicyclic amines) is 1. The Kier molecular flexibility index (Phi) is 8.11. The fraction of sp³-hybridized carbons (Fsp3) is 0.452. The molecule has 10 heteroatoms. The summed E-state index contributed by atoms with van der Waals surface area (Å²) in [5.41, 5.74) is 8.72. The number of nitrogens with two attached hydrogens (primary N) is 1. The number of rotatable bonds is 7. The minimum Gasteiger partial charge on any atom is -0.354 e. The molecule has 2 aromatic carbocycles. The molecule has 9 nitrogen and oxygen atoms in total. The summed E-state index contributed by atoms with van der Waals surface area (Å²) < 4.78 is 2.99. The SMILES string of the molecule is NC1CCC(CNC(=O)C(Cc2csc3ccccc23)NC(=O)N2CCC(n3c(=O)[nH]c4ccccc43)CC2)CC1. The second-order valence-electron chi connectivity index (χ2n) is 11.5. The molecule has 6 rings (SSSR count). The number of thiophene rings is 1. The van der Waals surface area contributed by atoms with Crippen molar-refractivity contribution in [2.24, 2.45) is 11.7 Å². The number of aromatic amines is 1. The predicted octanol–water partition coefficient (Wildman–Crippen LogP) is 4.14. The maximum absolute atomic E-state index is 13.5. The second-order valence-corrected chi connectivity index (χ2v) is 12.4. The Morgan fingerprint density at radius 3 is 2.54 bits per heavy atom. The van der Waals surface area contributed by atoms with E-state index in [1.54, 1.807) is 16.2 Å². The Hall–Kier alpha value is -3.63. The first-order valence-electron chi connectivity index (χ1n) is 14.7. The summed E-state index contributed by atoms with van der Waals surface area (Å²) in [5, 5.41) is 9.40. The molecule has 1 atom stereocenters. The molecule has 3 amide bonds. The third-order valence-corrected chi connectivity index (χ3v) is 9.81. The lowest BCUT2D eigenvalue weighted by Crippen LogP contribution is -2.54. The third kappa shape index (κ3) is 6.04. The summed E-state index contributed by atoms with van der Waals surface area (Å²) in [5.74, 6) is 0.271. The smallest absolute Gasteiger partial charge is 0.326 e. The van der Waals surface area contributed by atoms with Crippen molar-refractivity contribution in [1.29, 1.82) is 0 Å². The highest BCUT2D eigenvalue weighted by molar-refractivity contribution is 7.17. The molecule has 1 saturated heterocycles. The molecule has 2 aliphatic rings. The molecule has 4 aromatic rings. The van der Waals surface area contributed by atoms with Crippen molar-refractivity contribution in [3.63, 3.8) is 0 Å². The van der Waals surface area contributed by atoms with Crippen molar-refractivity contribution in [3.05, 3.63) is 70.0 Å². The van der Waals surface area contributed by atoms with Crippen LogP contribution in [0.4, 0.5) is 4.79 Å². The molecule has 2 aromatic heterocycles. The van der Waals surface area contributed by atoms with Crippen molar-refractivity contribution < 1.29 is 9.59 Å².